The smallest absolute Gasteiger partial charge is 0.338 e. The van der Waals surface area contributed by atoms with E-state index < -0.39 is 16.0 Å². The summed E-state index contributed by atoms with van der Waals surface area (Å²) in [7, 11) is -2.96. The largest absolute Gasteiger partial charge is 0.465 e. The SMILES string of the molecule is COC(=O)c1ccc(-c2ccc(-c3ncco3)cc2)c(S(N)(=O)=O)c1CN. The number of nitrogens with two attached hydrogens (primary N) is 2. The Balaban J connectivity index is 2.19. The van der Waals surface area contributed by atoms with Gasteiger partial charge in [0.2, 0.25) is 15.9 Å². The van der Waals surface area contributed by atoms with Crippen molar-refractivity contribution in [2.45, 2.75) is 11.4 Å². The fraction of sp³-hybridized carbons (Fsp3) is 0.111. The number of sulfonamides is 1. The Morgan fingerprint density at radius 3 is 2.33 bits per heavy atom. The number of rotatable bonds is 5. The first-order valence-corrected chi connectivity index (χ1v) is 9.38. The molecule has 0 saturated heterocycles. The fourth-order valence-corrected chi connectivity index (χ4v) is 3.87. The van der Waals surface area contributed by atoms with Crippen LogP contribution < -0.4 is 10.9 Å². The van der Waals surface area contributed by atoms with Crippen LogP contribution in [-0.4, -0.2) is 26.5 Å². The van der Waals surface area contributed by atoms with Crippen molar-refractivity contribution in [2.24, 2.45) is 10.9 Å². The van der Waals surface area contributed by atoms with Gasteiger partial charge >= 0.3 is 5.97 Å². The summed E-state index contributed by atoms with van der Waals surface area (Å²) in [5, 5.41) is 5.43. The number of nitrogens with zero attached hydrogens (tertiary/aromatic N) is 1. The van der Waals surface area contributed by atoms with Gasteiger partial charge in [0.25, 0.3) is 0 Å². The number of primary sulfonamides is 1. The summed E-state index contributed by atoms with van der Waals surface area (Å²) >= 11 is 0. The highest BCUT2D eigenvalue weighted by Gasteiger charge is 2.25. The molecule has 0 fully saturated rings. The van der Waals surface area contributed by atoms with Gasteiger partial charge in [0.1, 0.15) is 6.26 Å². The third-order valence-electron chi connectivity index (χ3n) is 4.03. The van der Waals surface area contributed by atoms with E-state index in [1.807, 2.05) is 0 Å². The average molecular weight is 387 g/mol. The minimum absolute atomic E-state index is 0.0594. The molecule has 0 amide bonds. The molecule has 2 aromatic carbocycles. The van der Waals surface area contributed by atoms with E-state index in [4.69, 9.17) is 20.0 Å². The highest BCUT2D eigenvalue weighted by atomic mass is 32.2. The standard InChI is InChI=1S/C18H17N3O5S/c1-25-18(22)14-7-6-13(16(15(14)10-19)27(20,23)24)11-2-4-12(5-3-11)17-21-8-9-26-17/h2-9H,10,19H2,1H3,(H2,20,23,24). The summed E-state index contributed by atoms with van der Waals surface area (Å²) in [5.41, 5.74) is 7.55. The maximum Gasteiger partial charge on any atom is 0.338 e. The quantitative estimate of drug-likeness (QED) is 0.637. The molecule has 0 aliphatic carbocycles. The Morgan fingerprint density at radius 2 is 1.81 bits per heavy atom. The Hall–Kier alpha value is -3.01. The van der Waals surface area contributed by atoms with Gasteiger partial charge in [0.15, 0.2) is 0 Å². The summed E-state index contributed by atoms with van der Waals surface area (Å²) < 4.78 is 34.5. The summed E-state index contributed by atoms with van der Waals surface area (Å²) in [5.74, 6) is -0.247. The Labute approximate surface area is 155 Å². The zero-order valence-corrected chi connectivity index (χ0v) is 15.2. The predicted molar refractivity (Wildman–Crippen MR) is 98.0 cm³/mol. The topological polar surface area (TPSA) is 139 Å². The number of oxazole rings is 1. The van der Waals surface area contributed by atoms with Crippen molar-refractivity contribution in [3.63, 3.8) is 0 Å². The second kappa shape index (κ2) is 7.31. The molecule has 3 aromatic rings. The molecule has 0 radical (unpaired) electrons. The van der Waals surface area contributed by atoms with Gasteiger partial charge in [0.05, 0.1) is 23.8 Å². The van der Waals surface area contributed by atoms with Crippen molar-refractivity contribution in [3.8, 4) is 22.6 Å². The number of hydrogen-bond donors (Lipinski definition) is 2. The lowest BCUT2D eigenvalue weighted by molar-refractivity contribution is 0.0599. The average Bonchev–Trinajstić information content (AvgIpc) is 3.20. The van der Waals surface area contributed by atoms with E-state index in [0.29, 0.717) is 17.0 Å². The van der Waals surface area contributed by atoms with Gasteiger partial charge in [-0.3, -0.25) is 0 Å². The highest BCUT2D eigenvalue weighted by Crippen LogP contribution is 2.33. The monoisotopic (exact) mass is 387 g/mol. The van der Waals surface area contributed by atoms with Crippen LogP contribution in [0, 0.1) is 0 Å². The maximum atomic E-state index is 12.3. The number of methoxy groups -OCH3 is 1. The van der Waals surface area contributed by atoms with Crippen LogP contribution in [0.5, 0.6) is 0 Å². The van der Waals surface area contributed by atoms with Gasteiger partial charge in [-0.25, -0.2) is 23.3 Å². The first-order valence-electron chi connectivity index (χ1n) is 7.84. The van der Waals surface area contributed by atoms with Gasteiger partial charge in [-0.1, -0.05) is 18.2 Å². The first kappa shape index (κ1) is 18.8. The van der Waals surface area contributed by atoms with E-state index in [1.54, 1.807) is 24.3 Å². The number of carbonyl (C=O) groups is 1. The third kappa shape index (κ3) is 3.61. The van der Waals surface area contributed by atoms with Crippen LogP contribution in [0.2, 0.25) is 0 Å². The molecule has 0 aliphatic heterocycles. The Kier molecular flexibility index (Phi) is 5.08. The number of ether oxygens (including phenoxy) is 1. The molecule has 0 spiro atoms. The van der Waals surface area contributed by atoms with E-state index in [1.165, 1.54) is 31.7 Å². The van der Waals surface area contributed by atoms with Gasteiger partial charge in [-0.05, 0) is 23.8 Å². The van der Waals surface area contributed by atoms with Crippen molar-refractivity contribution in [1.82, 2.24) is 4.98 Å². The summed E-state index contributed by atoms with van der Waals surface area (Å²) in [6.07, 6.45) is 2.99. The Morgan fingerprint density at radius 1 is 1.15 bits per heavy atom. The zero-order chi connectivity index (χ0) is 19.6. The van der Waals surface area contributed by atoms with E-state index in [-0.39, 0.29) is 22.6 Å². The summed E-state index contributed by atoms with van der Waals surface area (Å²) in [6, 6.07) is 9.88. The molecule has 8 nitrogen and oxygen atoms in total. The van der Waals surface area contributed by atoms with Crippen LogP contribution in [-0.2, 0) is 21.3 Å². The lowest BCUT2D eigenvalue weighted by atomic mass is 9.98. The molecule has 1 aromatic heterocycles. The van der Waals surface area contributed by atoms with Crippen molar-refractivity contribution in [1.29, 1.82) is 0 Å². The second-order valence-electron chi connectivity index (χ2n) is 5.62. The molecule has 140 valence electrons. The van der Waals surface area contributed by atoms with Crippen LogP contribution >= 0.6 is 0 Å². The molecule has 0 saturated carbocycles. The van der Waals surface area contributed by atoms with E-state index in [2.05, 4.69) is 4.98 Å². The maximum absolute atomic E-state index is 12.3. The van der Waals surface area contributed by atoms with Gasteiger partial charge in [-0.2, -0.15) is 0 Å². The number of aromatic nitrogens is 1. The number of hydrogen-bond acceptors (Lipinski definition) is 7. The first-order chi connectivity index (χ1) is 12.9. The van der Waals surface area contributed by atoms with Crippen LogP contribution in [0.25, 0.3) is 22.6 Å². The molecule has 27 heavy (non-hydrogen) atoms. The van der Waals surface area contributed by atoms with Crippen LogP contribution in [0.4, 0.5) is 0 Å². The fourth-order valence-electron chi connectivity index (χ4n) is 2.84. The number of benzene rings is 2. The molecule has 9 heteroatoms. The second-order valence-corrected chi connectivity index (χ2v) is 7.12. The molecule has 1 heterocycles. The van der Waals surface area contributed by atoms with E-state index in [9.17, 15) is 13.2 Å². The molecule has 4 N–H and O–H groups in total. The third-order valence-corrected chi connectivity index (χ3v) is 5.06. The minimum atomic E-state index is -4.16. The van der Waals surface area contributed by atoms with Crippen LogP contribution in [0.15, 0.2) is 58.2 Å². The van der Waals surface area contributed by atoms with Crippen molar-refractivity contribution >= 4 is 16.0 Å². The lowest BCUT2D eigenvalue weighted by Crippen LogP contribution is -2.20. The van der Waals surface area contributed by atoms with Crippen molar-refractivity contribution in [3.05, 3.63) is 60.0 Å². The summed E-state index contributed by atoms with van der Waals surface area (Å²) in [4.78, 5) is 15.8. The molecular weight excluding hydrogens is 370 g/mol. The number of esters is 1. The molecule has 0 bridgehead atoms. The lowest BCUT2D eigenvalue weighted by Gasteiger charge is -2.16. The predicted octanol–water partition coefficient (Wildman–Crippen LogP) is 1.90. The van der Waals surface area contributed by atoms with Crippen molar-refractivity contribution < 1.29 is 22.4 Å². The highest BCUT2D eigenvalue weighted by molar-refractivity contribution is 7.89. The molecule has 0 aliphatic rings. The van der Waals surface area contributed by atoms with Crippen LogP contribution in [0.1, 0.15) is 15.9 Å². The van der Waals surface area contributed by atoms with Crippen molar-refractivity contribution in [2.75, 3.05) is 7.11 Å². The zero-order valence-electron chi connectivity index (χ0n) is 14.4. The minimum Gasteiger partial charge on any atom is -0.465 e. The molecule has 0 unspecified atom stereocenters. The van der Waals surface area contributed by atoms with Gasteiger partial charge < -0.3 is 14.9 Å². The van der Waals surface area contributed by atoms with E-state index in [0.717, 1.165) is 5.56 Å². The van der Waals surface area contributed by atoms with E-state index >= 15 is 0 Å². The normalized spacial score (nSPS) is 11.4. The molecular formula is C18H17N3O5S. The summed E-state index contributed by atoms with van der Waals surface area (Å²) in [6.45, 7) is -0.196. The van der Waals surface area contributed by atoms with Crippen LogP contribution in [0.3, 0.4) is 0 Å². The Bertz CT molecular complexity index is 1070. The molecule has 0 atom stereocenters. The number of carbonyl (C=O) groups excluding carboxylic acids is 1. The van der Waals surface area contributed by atoms with Gasteiger partial charge in [0, 0.05) is 23.2 Å². The van der Waals surface area contributed by atoms with Gasteiger partial charge in [-0.15, -0.1) is 0 Å². The molecule has 3 rings (SSSR count).